The van der Waals surface area contributed by atoms with E-state index in [-0.39, 0.29) is 10.8 Å². The lowest BCUT2D eigenvalue weighted by Gasteiger charge is -2.14. The van der Waals surface area contributed by atoms with Gasteiger partial charge in [0.05, 0.1) is 5.75 Å². The minimum absolute atomic E-state index is 0.263. The molecule has 1 amide bonds. The highest BCUT2D eigenvalue weighted by atomic mass is 35.5. The van der Waals surface area contributed by atoms with Crippen LogP contribution in [0.4, 0.5) is 5.69 Å². The van der Waals surface area contributed by atoms with E-state index in [4.69, 9.17) is 23.2 Å². The molecule has 4 nitrogen and oxygen atoms in total. The van der Waals surface area contributed by atoms with Gasteiger partial charge in [-0.3, -0.25) is 4.79 Å². The number of nitrogens with one attached hydrogen (secondary N) is 1. The van der Waals surface area contributed by atoms with Crippen LogP contribution in [0.1, 0.15) is 25.0 Å². The lowest BCUT2D eigenvalue weighted by Crippen LogP contribution is -2.33. The van der Waals surface area contributed by atoms with Gasteiger partial charge in [0.25, 0.3) is 0 Å². The van der Waals surface area contributed by atoms with Crippen molar-refractivity contribution in [1.29, 1.82) is 0 Å². The number of anilines is 1. The monoisotopic (exact) mass is 399 g/mol. The first-order valence-electron chi connectivity index (χ1n) is 7.78. The first-order valence-corrected chi connectivity index (χ1v) is 10.3. The minimum Gasteiger partial charge on any atom is -0.325 e. The Morgan fingerprint density at radius 3 is 2.32 bits per heavy atom. The second kappa shape index (κ2) is 8.21. The molecule has 0 fully saturated rings. The van der Waals surface area contributed by atoms with Crippen molar-refractivity contribution in [1.82, 2.24) is 0 Å². The number of benzene rings is 2. The highest BCUT2D eigenvalue weighted by molar-refractivity contribution is 7.92. The Morgan fingerprint density at radius 1 is 1.12 bits per heavy atom. The second-order valence-corrected chi connectivity index (χ2v) is 8.89. The molecule has 25 heavy (non-hydrogen) atoms. The van der Waals surface area contributed by atoms with Crippen molar-refractivity contribution >= 4 is 44.6 Å². The normalized spacial score (nSPS) is 12.6. The van der Waals surface area contributed by atoms with Crippen LogP contribution in [0.2, 0.25) is 10.0 Å². The molecule has 0 aliphatic carbocycles. The number of sulfone groups is 1. The number of hydrogen-bond donors (Lipinski definition) is 1. The molecule has 0 spiro atoms. The van der Waals surface area contributed by atoms with E-state index in [1.165, 1.54) is 13.0 Å². The third-order valence-electron chi connectivity index (χ3n) is 3.91. The van der Waals surface area contributed by atoms with E-state index in [0.717, 1.165) is 12.0 Å². The molecule has 0 saturated carbocycles. The summed E-state index contributed by atoms with van der Waals surface area (Å²) in [6, 6.07) is 11.9. The topological polar surface area (TPSA) is 63.2 Å². The van der Waals surface area contributed by atoms with Crippen LogP contribution >= 0.6 is 23.2 Å². The van der Waals surface area contributed by atoms with Crippen LogP contribution < -0.4 is 5.32 Å². The summed E-state index contributed by atoms with van der Waals surface area (Å²) >= 11 is 11.8. The van der Waals surface area contributed by atoms with Gasteiger partial charge in [0.1, 0.15) is 5.25 Å². The van der Waals surface area contributed by atoms with Crippen molar-refractivity contribution in [2.75, 3.05) is 5.32 Å². The summed E-state index contributed by atoms with van der Waals surface area (Å²) in [6.07, 6.45) is 0.890. The van der Waals surface area contributed by atoms with Crippen molar-refractivity contribution in [2.45, 2.75) is 31.3 Å². The fourth-order valence-corrected chi connectivity index (χ4v) is 4.09. The Kier molecular flexibility index (Phi) is 6.49. The molecule has 0 aromatic heterocycles. The van der Waals surface area contributed by atoms with Crippen LogP contribution in [0, 0.1) is 0 Å². The molecule has 0 radical (unpaired) electrons. The first-order chi connectivity index (χ1) is 11.7. The number of aryl methyl sites for hydroxylation is 1. The van der Waals surface area contributed by atoms with Crippen molar-refractivity contribution < 1.29 is 13.2 Å². The maximum Gasteiger partial charge on any atom is 0.242 e. The van der Waals surface area contributed by atoms with Crippen LogP contribution in [0.25, 0.3) is 0 Å². The number of amides is 1. The summed E-state index contributed by atoms with van der Waals surface area (Å²) in [6.45, 7) is 3.40. The first kappa shape index (κ1) is 19.8. The van der Waals surface area contributed by atoms with Gasteiger partial charge in [-0.05, 0) is 48.7 Å². The molecule has 0 aliphatic heterocycles. The second-order valence-electron chi connectivity index (χ2n) is 5.72. The zero-order chi connectivity index (χ0) is 18.6. The van der Waals surface area contributed by atoms with Gasteiger partial charge >= 0.3 is 0 Å². The Hall–Kier alpha value is -1.56. The summed E-state index contributed by atoms with van der Waals surface area (Å²) in [5.74, 6) is -0.902. The van der Waals surface area contributed by atoms with Crippen molar-refractivity contribution in [3.8, 4) is 0 Å². The van der Waals surface area contributed by atoms with Gasteiger partial charge in [0.15, 0.2) is 9.84 Å². The van der Waals surface area contributed by atoms with E-state index in [1.54, 1.807) is 24.3 Å². The molecule has 0 heterocycles. The van der Waals surface area contributed by atoms with Gasteiger partial charge in [-0.1, -0.05) is 48.3 Å². The number of carbonyl (C=O) groups excluding carboxylic acids is 1. The molecule has 1 unspecified atom stereocenters. The van der Waals surface area contributed by atoms with Crippen LogP contribution in [0.5, 0.6) is 0 Å². The van der Waals surface area contributed by atoms with E-state index in [1.807, 2.05) is 19.1 Å². The number of halogens is 2. The Labute approximate surface area is 158 Å². The lowest BCUT2D eigenvalue weighted by atomic mass is 10.1. The third-order valence-corrected chi connectivity index (χ3v) is 6.50. The molecule has 0 aliphatic rings. The lowest BCUT2D eigenvalue weighted by molar-refractivity contribution is -0.115. The molecule has 1 N–H and O–H groups in total. The largest absolute Gasteiger partial charge is 0.325 e. The SMILES string of the molecule is CCc1ccc(NC(=O)C(C)S(=O)(=O)Cc2ccc(Cl)cc2Cl)cc1. The van der Waals surface area contributed by atoms with Gasteiger partial charge in [-0.25, -0.2) is 8.42 Å². The summed E-state index contributed by atoms with van der Waals surface area (Å²) < 4.78 is 25.0. The molecular weight excluding hydrogens is 381 g/mol. The summed E-state index contributed by atoms with van der Waals surface area (Å²) in [5, 5.41) is 2.12. The molecule has 7 heteroatoms. The van der Waals surface area contributed by atoms with E-state index in [9.17, 15) is 13.2 Å². The zero-order valence-electron chi connectivity index (χ0n) is 13.9. The molecule has 0 bridgehead atoms. The van der Waals surface area contributed by atoms with Gasteiger partial charge in [0.2, 0.25) is 5.91 Å². The summed E-state index contributed by atoms with van der Waals surface area (Å²) in [7, 11) is -3.72. The zero-order valence-corrected chi connectivity index (χ0v) is 16.3. The van der Waals surface area contributed by atoms with Gasteiger partial charge in [0, 0.05) is 15.7 Å². The van der Waals surface area contributed by atoms with E-state index < -0.39 is 21.0 Å². The van der Waals surface area contributed by atoms with Crippen LogP contribution in [0.15, 0.2) is 42.5 Å². The Morgan fingerprint density at radius 2 is 1.76 bits per heavy atom. The average molecular weight is 400 g/mol. The predicted molar refractivity (Wildman–Crippen MR) is 103 cm³/mol. The molecule has 0 saturated heterocycles. The predicted octanol–water partition coefficient (Wildman–Crippen LogP) is 4.50. The van der Waals surface area contributed by atoms with E-state index >= 15 is 0 Å². The van der Waals surface area contributed by atoms with Crippen molar-refractivity contribution in [2.24, 2.45) is 0 Å². The third kappa shape index (κ3) is 5.21. The number of hydrogen-bond acceptors (Lipinski definition) is 3. The van der Waals surface area contributed by atoms with Gasteiger partial charge < -0.3 is 5.32 Å². The standard InChI is InChI=1S/C18H19Cl2NO3S/c1-3-13-4-8-16(9-5-13)21-18(22)12(2)25(23,24)11-14-6-7-15(19)10-17(14)20/h4-10,12H,3,11H2,1-2H3,(H,21,22). The quantitative estimate of drug-likeness (QED) is 0.777. The van der Waals surface area contributed by atoms with Crippen LogP contribution in [-0.2, 0) is 26.8 Å². The van der Waals surface area contributed by atoms with Crippen molar-refractivity contribution in [3.05, 3.63) is 63.6 Å². The molecule has 2 aromatic rings. The van der Waals surface area contributed by atoms with Crippen LogP contribution in [-0.4, -0.2) is 19.6 Å². The van der Waals surface area contributed by atoms with Crippen molar-refractivity contribution in [3.63, 3.8) is 0 Å². The molecular formula is C18H19Cl2NO3S. The number of carbonyl (C=O) groups is 1. The van der Waals surface area contributed by atoms with Crippen LogP contribution in [0.3, 0.4) is 0 Å². The Balaban J connectivity index is 2.10. The summed E-state index contributed by atoms with van der Waals surface area (Å²) in [4.78, 5) is 12.3. The van der Waals surface area contributed by atoms with Gasteiger partial charge in [-0.15, -0.1) is 0 Å². The summed E-state index contributed by atoms with van der Waals surface area (Å²) in [5.41, 5.74) is 2.11. The number of rotatable bonds is 6. The average Bonchev–Trinajstić information content (AvgIpc) is 2.57. The minimum atomic E-state index is -3.72. The maximum absolute atomic E-state index is 12.5. The maximum atomic E-state index is 12.5. The molecule has 1 atom stereocenters. The fourth-order valence-electron chi connectivity index (χ4n) is 2.21. The van der Waals surface area contributed by atoms with Gasteiger partial charge in [-0.2, -0.15) is 0 Å². The Bertz CT molecular complexity index is 864. The smallest absolute Gasteiger partial charge is 0.242 e. The molecule has 134 valence electrons. The fraction of sp³-hybridized carbons (Fsp3) is 0.278. The van der Waals surface area contributed by atoms with E-state index in [0.29, 0.717) is 16.3 Å². The molecule has 2 aromatic carbocycles. The molecule has 2 rings (SSSR count). The highest BCUT2D eigenvalue weighted by Crippen LogP contribution is 2.24. The highest BCUT2D eigenvalue weighted by Gasteiger charge is 2.29. The van der Waals surface area contributed by atoms with E-state index in [2.05, 4.69) is 5.32 Å².